The summed E-state index contributed by atoms with van der Waals surface area (Å²) in [5.41, 5.74) is 2.47. The van der Waals surface area contributed by atoms with Crippen molar-refractivity contribution >= 4 is 29.3 Å². The van der Waals surface area contributed by atoms with E-state index in [4.69, 9.17) is 10.2 Å². The Morgan fingerprint density at radius 3 is 2.10 bits per heavy atom. The van der Waals surface area contributed by atoms with Crippen LogP contribution in [0.4, 0.5) is 5.69 Å². The normalized spacial score (nSPS) is 16.3. The van der Waals surface area contributed by atoms with Gasteiger partial charge in [0.25, 0.3) is 0 Å². The van der Waals surface area contributed by atoms with Crippen molar-refractivity contribution in [2.24, 2.45) is 0 Å². The van der Waals surface area contributed by atoms with Gasteiger partial charge in [0, 0.05) is 11.9 Å². The number of benzene rings is 3. The molecule has 0 aliphatic carbocycles. The Labute approximate surface area is 173 Å². The first-order valence-corrected chi connectivity index (χ1v) is 9.91. The minimum atomic E-state index is -1.41. The van der Waals surface area contributed by atoms with E-state index in [-0.39, 0.29) is 11.2 Å². The average Bonchev–Trinajstić information content (AvgIpc) is 2.77. The van der Waals surface area contributed by atoms with Gasteiger partial charge in [0.2, 0.25) is 5.91 Å². The summed E-state index contributed by atoms with van der Waals surface area (Å²) in [4.78, 5) is 25.6. The molecule has 2 unspecified atom stereocenters. The van der Waals surface area contributed by atoms with Crippen LogP contribution >= 0.6 is 11.8 Å². The number of carbonyl (C=O) groups is 2. The van der Waals surface area contributed by atoms with Crippen molar-refractivity contribution in [1.29, 1.82) is 0 Å². The largest absolute Gasteiger partial charge is 0.479 e. The quantitative estimate of drug-likeness (QED) is 0.677. The van der Waals surface area contributed by atoms with Crippen LogP contribution in [-0.4, -0.2) is 29.1 Å². The Hall–Kier alpha value is -3.09. The molecule has 148 valence electrons. The third-order valence-electron chi connectivity index (χ3n) is 4.48. The summed E-state index contributed by atoms with van der Waals surface area (Å²) in [5, 5.41) is 17.3. The molecule has 0 saturated carbocycles. The first-order chi connectivity index (χ1) is 14.0. The van der Waals surface area contributed by atoms with E-state index >= 15 is 0 Å². The fourth-order valence-corrected chi connectivity index (χ4v) is 4.21. The number of hydrogen-bond donors (Lipinski definition) is 2. The minimum Gasteiger partial charge on any atom is -0.479 e. The molecule has 0 spiro atoms. The lowest BCUT2D eigenvalue weighted by molar-refractivity contribution is -0.146. The maximum atomic E-state index is 12.4. The molecule has 2 N–H and O–H groups in total. The summed E-state index contributed by atoms with van der Waals surface area (Å²) >= 11 is 1.63. The number of carbonyl (C=O) groups excluding carboxylic acids is 1. The maximum absolute atomic E-state index is 12.4. The highest BCUT2D eigenvalue weighted by molar-refractivity contribution is 8.00. The molecule has 1 aliphatic heterocycles. The van der Waals surface area contributed by atoms with Gasteiger partial charge in [0.15, 0.2) is 6.10 Å². The van der Waals surface area contributed by atoms with Gasteiger partial charge in [0.05, 0.1) is 5.69 Å². The molecule has 5 nitrogen and oxygen atoms in total. The molecule has 0 bridgehead atoms. The standard InChI is InChI=1S/C15H13NOS.C8H8O3/c1-16-12-9-5-6-10-13(12)18-14(15(16)17)11-7-3-2-4-8-11;9-7(8(10)11)6-4-2-1-3-5-6/h2-10,14H,1H3;1-5,7,9H,(H,10,11). The number of aliphatic carboxylic acids is 1. The second-order valence-electron chi connectivity index (χ2n) is 6.43. The molecule has 1 amide bonds. The van der Waals surface area contributed by atoms with Gasteiger partial charge in [0.1, 0.15) is 5.25 Å². The summed E-state index contributed by atoms with van der Waals surface area (Å²) < 4.78 is 0. The second kappa shape index (κ2) is 9.41. The van der Waals surface area contributed by atoms with Gasteiger partial charge >= 0.3 is 5.97 Å². The maximum Gasteiger partial charge on any atom is 0.337 e. The van der Waals surface area contributed by atoms with Crippen molar-refractivity contribution in [2.75, 3.05) is 11.9 Å². The van der Waals surface area contributed by atoms with Crippen LogP contribution in [0.2, 0.25) is 0 Å². The Kier molecular flexibility index (Phi) is 6.69. The summed E-state index contributed by atoms with van der Waals surface area (Å²) in [7, 11) is 1.84. The van der Waals surface area contributed by atoms with Gasteiger partial charge in [-0.15, -0.1) is 11.8 Å². The summed E-state index contributed by atoms with van der Waals surface area (Å²) in [5.74, 6) is -1.08. The Morgan fingerprint density at radius 1 is 0.931 bits per heavy atom. The van der Waals surface area contributed by atoms with Gasteiger partial charge in [-0.05, 0) is 23.3 Å². The number of likely N-dealkylation sites (N-methyl/N-ethyl adjacent to an activating group) is 1. The monoisotopic (exact) mass is 407 g/mol. The predicted molar refractivity (Wildman–Crippen MR) is 114 cm³/mol. The number of rotatable bonds is 3. The lowest BCUT2D eigenvalue weighted by atomic mass is 10.1. The Bertz CT molecular complexity index is 978. The number of amides is 1. The third-order valence-corrected chi connectivity index (χ3v) is 5.79. The molecular formula is C23H21NO4S. The fourth-order valence-electron chi connectivity index (χ4n) is 2.92. The molecule has 0 radical (unpaired) electrons. The number of hydrogen-bond acceptors (Lipinski definition) is 4. The van der Waals surface area contributed by atoms with E-state index in [9.17, 15) is 9.59 Å². The number of aliphatic hydroxyl groups excluding tert-OH is 1. The highest BCUT2D eigenvalue weighted by atomic mass is 32.2. The molecule has 0 saturated heterocycles. The lowest BCUT2D eigenvalue weighted by Gasteiger charge is -2.31. The molecule has 29 heavy (non-hydrogen) atoms. The van der Waals surface area contributed by atoms with E-state index in [2.05, 4.69) is 6.07 Å². The lowest BCUT2D eigenvalue weighted by Crippen LogP contribution is -2.33. The number of nitrogens with zero attached hydrogens (tertiary/aromatic N) is 1. The zero-order valence-corrected chi connectivity index (χ0v) is 16.6. The Morgan fingerprint density at radius 2 is 1.48 bits per heavy atom. The number of anilines is 1. The molecule has 3 aromatic carbocycles. The highest BCUT2D eigenvalue weighted by Gasteiger charge is 2.32. The van der Waals surface area contributed by atoms with Gasteiger partial charge in [-0.2, -0.15) is 0 Å². The Balaban J connectivity index is 0.000000188. The number of carboxylic acids is 1. The molecule has 6 heteroatoms. The van der Waals surface area contributed by atoms with Crippen molar-refractivity contribution < 1.29 is 19.8 Å². The van der Waals surface area contributed by atoms with Crippen LogP contribution in [-0.2, 0) is 9.59 Å². The number of fused-ring (bicyclic) bond motifs is 1. The summed E-state index contributed by atoms with van der Waals surface area (Å²) in [6, 6.07) is 26.2. The SMILES string of the molecule is CN1C(=O)C(c2ccccc2)Sc2ccccc21.O=C(O)C(O)c1ccccc1. The number of thioether (sulfide) groups is 1. The van der Waals surface area contributed by atoms with Crippen LogP contribution in [0.5, 0.6) is 0 Å². The van der Waals surface area contributed by atoms with Gasteiger partial charge in [-0.1, -0.05) is 72.8 Å². The molecule has 1 aliphatic rings. The van der Waals surface area contributed by atoms with E-state index in [0.29, 0.717) is 5.56 Å². The fraction of sp³-hybridized carbons (Fsp3) is 0.130. The summed E-state index contributed by atoms with van der Waals surface area (Å²) in [6.45, 7) is 0. The third kappa shape index (κ3) is 4.85. The van der Waals surface area contributed by atoms with Gasteiger partial charge in [-0.25, -0.2) is 4.79 Å². The first kappa shape index (κ1) is 20.6. The minimum absolute atomic E-state index is 0.133. The van der Waals surface area contributed by atoms with Crippen LogP contribution in [0.3, 0.4) is 0 Å². The van der Waals surface area contributed by atoms with E-state index in [1.54, 1.807) is 47.0 Å². The summed E-state index contributed by atoms with van der Waals surface area (Å²) in [6.07, 6.45) is -1.41. The second-order valence-corrected chi connectivity index (χ2v) is 7.57. The van der Waals surface area contributed by atoms with Crippen LogP contribution in [0.25, 0.3) is 0 Å². The van der Waals surface area contributed by atoms with E-state index in [1.807, 2.05) is 55.6 Å². The van der Waals surface area contributed by atoms with Crippen molar-refractivity contribution in [1.82, 2.24) is 0 Å². The van der Waals surface area contributed by atoms with E-state index in [1.165, 1.54) is 0 Å². The topological polar surface area (TPSA) is 77.8 Å². The molecule has 3 aromatic rings. The zero-order chi connectivity index (χ0) is 20.8. The number of aliphatic hydroxyl groups is 1. The molecule has 0 aromatic heterocycles. The molecule has 1 heterocycles. The highest BCUT2D eigenvalue weighted by Crippen LogP contribution is 2.45. The number of para-hydroxylation sites is 1. The smallest absolute Gasteiger partial charge is 0.337 e. The van der Waals surface area contributed by atoms with Crippen molar-refractivity contribution in [3.05, 3.63) is 96.1 Å². The van der Waals surface area contributed by atoms with Crippen LogP contribution in [0, 0.1) is 0 Å². The number of carboxylic acid groups (broad SMARTS) is 1. The molecule has 4 rings (SSSR count). The van der Waals surface area contributed by atoms with E-state index < -0.39 is 12.1 Å². The van der Waals surface area contributed by atoms with Gasteiger partial charge < -0.3 is 15.1 Å². The van der Waals surface area contributed by atoms with Crippen molar-refractivity contribution in [3.8, 4) is 0 Å². The molecule has 2 atom stereocenters. The molecular weight excluding hydrogens is 386 g/mol. The van der Waals surface area contributed by atoms with Crippen LogP contribution in [0.15, 0.2) is 89.8 Å². The van der Waals surface area contributed by atoms with Crippen molar-refractivity contribution in [2.45, 2.75) is 16.2 Å². The van der Waals surface area contributed by atoms with Crippen LogP contribution < -0.4 is 4.90 Å². The van der Waals surface area contributed by atoms with E-state index in [0.717, 1.165) is 16.1 Å². The van der Waals surface area contributed by atoms with Gasteiger partial charge in [-0.3, -0.25) is 4.79 Å². The average molecular weight is 407 g/mol. The van der Waals surface area contributed by atoms with Crippen molar-refractivity contribution in [3.63, 3.8) is 0 Å². The molecule has 0 fully saturated rings. The predicted octanol–water partition coefficient (Wildman–Crippen LogP) is 4.30. The zero-order valence-electron chi connectivity index (χ0n) is 15.8. The first-order valence-electron chi connectivity index (χ1n) is 9.03. The van der Waals surface area contributed by atoms with Crippen LogP contribution in [0.1, 0.15) is 22.5 Å².